The maximum Gasteiger partial charge on any atom is 0.320 e. The van der Waals surface area contributed by atoms with E-state index < -0.39 is 0 Å². The number of carbonyl (C=O) groups excluding carboxylic acids is 1. The summed E-state index contributed by atoms with van der Waals surface area (Å²) in [6.45, 7) is 8.58. The minimum absolute atomic E-state index is 0.0479. The van der Waals surface area contributed by atoms with Crippen molar-refractivity contribution in [3.63, 3.8) is 0 Å². The molecule has 1 fully saturated rings. The molecule has 2 aromatic heterocycles. The number of amides is 1. The highest BCUT2D eigenvalue weighted by molar-refractivity contribution is 5.87. The summed E-state index contributed by atoms with van der Waals surface area (Å²) >= 11 is 0. The van der Waals surface area contributed by atoms with Gasteiger partial charge >= 0.3 is 6.01 Å². The molecule has 10 heteroatoms. The SMILES string of the molecule is C=CC(=O)N1CCN(c2nc(OC)nc3c2OCC(c2c(C)ccc4[nH]ncc24)N3C)CC1. The van der Waals surface area contributed by atoms with Crippen LogP contribution in [0.4, 0.5) is 11.6 Å². The van der Waals surface area contributed by atoms with Gasteiger partial charge in [0.05, 0.1) is 24.9 Å². The van der Waals surface area contributed by atoms with Crippen LogP contribution in [0.5, 0.6) is 11.8 Å². The highest BCUT2D eigenvalue weighted by Crippen LogP contribution is 2.45. The lowest BCUT2D eigenvalue weighted by molar-refractivity contribution is -0.126. The molecule has 1 amide bonds. The van der Waals surface area contributed by atoms with E-state index >= 15 is 0 Å². The first-order valence-corrected chi connectivity index (χ1v) is 10.9. The molecule has 0 radical (unpaired) electrons. The molecule has 0 bridgehead atoms. The number of aromatic nitrogens is 4. The number of rotatable bonds is 4. The molecule has 0 saturated carbocycles. The molecular formula is C23H27N7O3. The Balaban J connectivity index is 1.50. The van der Waals surface area contributed by atoms with Gasteiger partial charge in [-0.1, -0.05) is 12.6 Å². The summed E-state index contributed by atoms with van der Waals surface area (Å²) < 4.78 is 11.8. The van der Waals surface area contributed by atoms with Crippen molar-refractivity contribution >= 4 is 28.4 Å². The Kier molecular flexibility index (Phi) is 5.27. The molecule has 4 heterocycles. The molecule has 1 unspecified atom stereocenters. The maximum absolute atomic E-state index is 12.0. The number of benzene rings is 1. The Morgan fingerprint density at radius 2 is 2.00 bits per heavy atom. The summed E-state index contributed by atoms with van der Waals surface area (Å²) in [5, 5.41) is 8.35. The van der Waals surface area contributed by atoms with Gasteiger partial charge < -0.3 is 24.2 Å². The summed E-state index contributed by atoms with van der Waals surface area (Å²) in [7, 11) is 3.57. The van der Waals surface area contributed by atoms with E-state index in [1.54, 1.807) is 12.0 Å². The summed E-state index contributed by atoms with van der Waals surface area (Å²) in [5.74, 6) is 1.94. The molecule has 172 valence electrons. The number of anilines is 2. The fourth-order valence-electron chi connectivity index (χ4n) is 4.64. The molecule has 10 nitrogen and oxygen atoms in total. The lowest BCUT2D eigenvalue weighted by atomic mass is 9.96. The van der Waals surface area contributed by atoms with Gasteiger partial charge in [-0.05, 0) is 30.2 Å². The number of carbonyl (C=O) groups is 1. The Labute approximate surface area is 191 Å². The van der Waals surface area contributed by atoms with Crippen LogP contribution < -0.4 is 19.3 Å². The Morgan fingerprint density at radius 3 is 2.73 bits per heavy atom. The van der Waals surface area contributed by atoms with E-state index in [4.69, 9.17) is 9.47 Å². The molecule has 5 rings (SSSR count). The fourth-order valence-corrected chi connectivity index (χ4v) is 4.64. The number of nitrogens with zero attached hydrogens (tertiary/aromatic N) is 6. The molecule has 0 aliphatic carbocycles. The minimum Gasteiger partial charge on any atom is -0.484 e. The second kappa shape index (κ2) is 8.27. The second-order valence-corrected chi connectivity index (χ2v) is 8.27. The average Bonchev–Trinajstić information content (AvgIpc) is 3.33. The van der Waals surface area contributed by atoms with Crippen LogP contribution in [0.2, 0.25) is 0 Å². The van der Waals surface area contributed by atoms with Gasteiger partial charge in [-0.25, -0.2) is 0 Å². The number of hydrogen-bond acceptors (Lipinski definition) is 8. The predicted molar refractivity (Wildman–Crippen MR) is 125 cm³/mol. The monoisotopic (exact) mass is 449 g/mol. The van der Waals surface area contributed by atoms with Crippen molar-refractivity contribution in [3.05, 3.63) is 42.1 Å². The van der Waals surface area contributed by atoms with Gasteiger partial charge in [0.1, 0.15) is 6.61 Å². The first-order chi connectivity index (χ1) is 16.0. The van der Waals surface area contributed by atoms with Crippen LogP contribution in [0.1, 0.15) is 17.2 Å². The van der Waals surface area contributed by atoms with Crippen molar-refractivity contribution in [3.8, 4) is 11.8 Å². The maximum atomic E-state index is 12.0. The highest BCUT2D eigenvalue weighted by atomic mass is 16.5. The van der Waals surface area contributed by atoms with Gasteiger partial charge in [-0.3, -0.25) is 9.89 Å². The molecule has 1 saturated heterocycles. The van der Waals surface area contributed by atoms with E-state index in [1.165, 1.54) is 6.08 Å². The average molecular weight is 450 g/mol. The third-order valence-corrected chi connectivity index (χ3v) is 6.46. The van der Waals surface area contributed by atoms with Crippen LogP contribution >= 0.6 is 0 Å². The highest BCUT2D eigenvalue weighted by Gasteiger charge is 2.35. The molecule has 33 heavy (non-hydrogen) atoms. The quantitative estimate of drug-likeness (QED) is 0.605. The second-order valence-electron chi connectivity index (χ2n) is 8.27. The number of fused-ring (bicyclic) bond motifs is 2. The topological polar surface area (TPSA) is 99.7 Å². The Hall–Kier alpha value is -3.82. The molecule has 1 aromatic carbocycles. The van der Waals surface area contributed by atoms with Crippen LogP contribution in [0.25, 0.3) is 10.9 Å². The normalized spacial score (nSPS) is 18.2. The standard InChI is InChI=1S/C23H27N7O3/c1-5-18(31)29-8-10-30(11-9-29)22-20-21(25-23(26-22)32-4)28(3)17(13-33-20)19-14(2)6-7-16-15(19)12-24-27-16/h5-7,12,17H,1,8-11,13H2,2-4H3,(H,24,27). The number of ether oxygens (including phenoxy) is 2. The van der Waals surface area contributed by atoms with Gasteiger partial charge in [0.15, 0.2) is 11.6 Å². The van der Waals surface area contributed by atoms with Crippen molar-refractivity contribution in [2.45, 2.75) is 13.0 Å². The predicted octanol–water partition coefficient (Wildman–Crippen LogP) is 2.07. The zero-order valence-corrected chi connectivity index (χ0v) is 19.0. The largest absolute Gasteiger partial charge is 0.484 e. The van der Waals surface area contributed by atoms with Crippen molar-refractivity contribution < 1.29 is 14.3 Å². The Morgan fingerprint density at radius 1 is 1.24 bits per heavy atom. The number of piperazine rings is 1. The zero-order chi connectivity index (χ0) is 23.1. The molecule has 1 atom stereocenters. The van der Waals surface area contributed by atoms with Crippen molar-refractivity contribution in [1.29, 1.82) is 0 Å². The third-order valence-electron chi connectivity index (χ3n) is 6.46. The molecular weight excluding hydrogens is 422 g/mol. The van der Waals surface area contributed by atoms with Crippen LogP contribution in [0.3, 0.4) is 0 Å². The van der Waals surface area contributed by atoms with E-state index in [9.17, 15) is 4.79 Å². The first kappa shape index (κ1) is 21.0. The number of hydrogen-bond donors (Lipinski definition) is 1. The Bertz CT molecular complexity index is 1220. The summed E-state index contributed by atoms with van der Waals surface area (Å²) in [4.78, 5) is 27.2. The minimum atomic E-state index is -0.0560. The van der Waals surface area contributed by atoms with E-state index in [-0.39, 0.29) is 18.0 Å². The van der Waals surface area contributed by atoms with E-state index in [0.717, 1.165) is 22.0 Å². The lowest BCUT2D eigenvalue weighted by Gasteiger charge is -2.39. The van der Waals surface area contributed by atoms with Crippen LogP contribution in [-0.4, -0.2) is 77.9 Å². The van der Waals surface area contributed by atoms with Gasteiger partial charge in [0, 0.05) is 38.6 Å². The number of aryl methyl sites for hydroxylation is 1. The van der Waals surface area contributed by atoms with Crippen molar-refractivity contribution in [1.82, 2.24) is 25.1 Å². The van der Waals surface area contributed by atoms with Crippen LogP contribution in [0, 0.1) is 6.92 Å². The number of methoxy groups -OCH3 is 1. The molecule has 1 N–H and O–H groups in total. The van der Waals surface area contributed by atoms with Crippen molar-refractivity contribution in [2.75, 3.05) is 56.7 Å². The fraction of sp³-hybridized carbons (Fsp3) is 0.391. The van der Waals surface area contributed by atoms with Crippen molar-refractivity contribution in [2.24, 2.45) is 0 Å². The number of likely N-dealkylation sites (N-methyl/N-ethyl adjacent to an activating group) is 1. The van der Waals surface area contributed by atoms with E-state index in [1.807, 2.05) is 19.3 Å². The number of nitrogens with one attached hydrogen (secondary N) is 1. The van der Waals surface area contributed by atoms with Crippen LogP contribution in [-0.2, 0) is 4.79 Å². The molecule has 2 aliphatic rings. The molecule has 3 aromatic rings. The smallest absolute Gasteiger partial charge is 0.320 e. The third kappa shape index (κ3) is 3.51. The van der Waals surface area contributed by atoms with Gasteiger partial charge in [0.2, 0.25) is 11.7 Å². The lowest BCUT2D eigenvalue weighted by Crippen LogP contribution is -2.49. The zero-order valence-electron chi connectivity index (χ0n) is 19.0. The van der Waals surface area contributed by atoms with Gasteiger partial charge in [-0.15, -0.1) is 0 Å². The first-order valence-electron chi connectivity index (χ1n) is 10.9. The van der Waals surface area contributed by atoms with Crippen LogP contribution in [0.15, 0.2) is 31.0 Å². The van der Waals surface area contributed by atoms with E-state index in [2.05, 4.69) is 49.5 Å². The summed E-state index contributed by atoms with van der Waals surface area (Å²) in [5.41, 5.74) is 3.31. The molecule has 2 aliphatic heterocycles. The number of aromatic amines is 1. The van der Waals surface area contributed by atoms with E-state index in [0.29, 0.717) is 50.2 Å². The summed E-state index contributed by atoms with van der Waals surface area (Å²) in [6, 6.07) is 4.37. The summed E-state index contributed by atoms with van der Waals surface area (Å²) in [6.07, 6.45) is 3.21. The van der Waals surface area contributed by atoms with Gasteiger partial charge in [0.25, 0.3) is 0 Å². The number of H-pyrrole nitrogens is 1. The van der Waals surface area contributed by atoms with Gasteiger partial charge in [-0.2, -0.15) is 15.1 Å². The molecule has 0 spiro atoms.